The number of nitrogens with one attached hydrogen (secondary N) is 1. The molecule has 0 heterocycles. The van der Waals surface area contributed by atoms with E-state index in [2.05, 4.69) is 5.32 Å². The van der Waals surface area contributed by atoms with Gasteiger partial charge in [-0.1, -0.05) is 0 Å². The number of alkyl halides is 3. The molecular weight excluding hydrogens is 219 g/mol. The third kappa shape index (κ3) is 1.70. The Balaban J connectivity index is 2.12. The lowest BCUT2D eigenvalue weighted by molar-refractivity contribution is -0.254. The minimum atomic E-state index is -4.09. The van der Waals surface area contributed by atoms with Crippen molar-refractivity contribution in [2.75, 3.05) is 0 Å². The molecule has 0 spiro atoms. The van der Waals surface area contributed by atoms with Crippen molar-refractivity contribution in [3.8, 4) is 0 Å². The van der Waals surface area contributed by atoms with Crippen LogP contribution >= 0.6 is 0 Å². The van der Waals surface area contributed by atoms with E-state index in [9.17, 15) is 18.0 Å². The molecule has 0 unspecified atom stereocenters. The molecule has 0 radical (unpaired) electrons. The number of rotatable bonds is 1. The first-order valence-electron chi connectivity index (χ1n) is 5.64. The van der Waals surface area contributed by atoms with Crippen LogP contribution in [-0.2, 0) is 4.79 Å². The summed E-state index contributed by atoms with van der Waals surface area (Å²) in [5.74, 6) is -0.138. The summed E-state index contributed by atoms with van der Waals surface area (Å²) in [7, 11) is 0. The van der Waals surface area contributed by atoms with Crippen LogP contribution in [0.2, 0.25) is 0 Å². The fraction of sp³-hybridized carbons (Fsp3) is 0.909. The van der Waals surface area contributed by atoms with Crippen LogP contribution in [-0.4, -0.2) is 17.6 Å². The number of halogens is 3. The molecule has 0 aromatic heterocycles. The molecule has 3 rings (SSSR count). The van der Waals surface area contributed by atoms with Gasteiger partial charge >= 0.3 is 6.18 Å². The fourth-order valence-electron chi connectivity index (χ4n) is 3.17. The highest BCUT2D eigenvalue weighted by molar-refractivity contribution is 5.73. The Labute approximate surface area is 92.6 Å². The lowest BCUT2D eigenvalue weighted by atomic mass is 9.57. The topological polar surface area (TPSA) is 29.1 Å². The maximum absolute atomic E-state index is 12.9. The van der Waals surface area contributed by atoms with Crippen LogP contribution in [0.25, 0.3) is 0 Å². The van der Waals surface area contributed by atoms with E-state index < -0.39 is 11.6 Å². The van der Waals surface area contributed by atoms with Gasteiger partial charge in [-0.3, -0.25) is 4.79 Å². The number of fused-ring (bicyclic) bond motifs is 3. The van der Waals surface area contributed by atoms with Gasteiger partial charge in [-0.15, -0.1) is 0 Å². The number of hydrogen-bond acceptors (Lipinski definition) is 1. The lowest BCUT2D eigenvalue weighted by Crippen LogP contribution is -2.59. The summed E-state index contributed by atoms with van der Waals surface area (Å²) in [6.45, 7) is 1.43. The third-order valence-corrected chi connectivity index (χ3v) is 4.29. The molecule has 16 heavy (non-hydrogen) atoms. The first kappa shape index (κ1) is 11.7. The van der Waals surface area contributed by atoms with Crippen LogP contribution in [0.5, 0.6) is 0 Å². The number of amides is 1. The van der Waals surface area contributed by atoms with E-state index in [-0.39, 0.29) is 30.7 Å². The molecule has 3 aliphatic rings. The molecule has 0 aromatic rings. The van der Waals surface area contributed by atoms with Gasteiger partial charge in [0.2, 0.25) is 5.91 Å². The van der Waals surface area contributed by atoms with E-state index in [1.165, 1.54) is 6.92 Å². The Morgan fingerprint density at radius 2 is 1.50 bits per heavy atom. The van der Waals surface area contributed by atoms with Crippen molar-refractivity contribution in [2.24, 2.45) is 5.41 Å². The Morgan fingerprint density at radius 3 is 1.81 bits per heavy atom. The molecule has 3 fully saturated rings. The standard InChI is InChI=1S/C11H16F3NO/c1-8(16)15-10-5-2-9(3-6-10,4-7-10)11(12,13)14/h2-7H2,1H3,(H,15,16). The lowest BCUT2D eigenvalue weighted by Gasteiger charge is -2.53. The zero-order chi connectivity index (χ0) is 12.0. The summed E-state index contributed by atoms with van der Waals surface area (Å²) >= 11 is 0. The van der Waals surface area contributed by atoms with E-state index >= 15 is 0 Å². The van der Waals surface area contributed by atoms with Crippen molar-refractivity contribution in [2.45, 2.75) is 57.2 Å². The van der Waals surface area contributed by atoms with Crippen LogP contribution < -0.4 is 5.32 Å². The predicted molar refractivity (Wildman–Crippen MR) is 52.7 cm³/mol. The molecule has 5 heteroatoms. The first-order chi connectivity index (χ1) is 7.29. The summed E-state index contributed by atoms with van der Waals surface area (Å²) in [4.78, 5) is 11.0. The van der Waals surface area contributed by atoms with Gasteiger partial charge in [-0.25, -0.2) is 0 Å². The highest BCUT2D eigenvalue weighted by Crippen LogP contribution is 2.59. The summed E-state index contributed by atoms with van der Waals surface area (Å²) < 4.78 is 38.8. The average Bonchev–Trinajstić information content (AvgIpc) is 2.17. The van der Waals surface area contributed by atoms with Crippen molar-refractivity contribution in [3.05, 3.63) is 0 Å². The third-order valence-electron chi connectivity index (χ3n) is 4.29. The molecule has 1 N–H and O–H groups in total. The predicted octanol–water partition coefficient (Wildman–Crippen LogP) is 2.78. The minimum Gasteiger partial charge on any atom is -0.351 e. The maximum atomic E-state index is 12.9. The van der Waals surface area contributed by atoms with E-state index in [4.69, 9.17) is 0 Å². The van der Waals surface area contributed by atoms with Crippen LogP contribution in [0.15, 0.2) is 0 Å². The minimum absolute atomic E-state index is 0.138. The smallest absolute Gasteiger partial charge is 0.351 e. The van der Waals surface area contributed by atoms with Gasteiger partial charge in [0, 0.05) is 12.5 Å². The van der Waals surface area contributed by atoms with Gasteiger partial charge in [0.1, 0.15) is 0 Å². The van der Waals surface area contributed by atoms with Gasteiger partial charge in [0.25, 0.3) is 0 Å². The zero-order valence-corrected chi connectivity index (χ0v) is 9.28. The van der Waals surface area contributed by atoms with Crippen LogP contribution in [0.3, 0.4) is 0 Å². The van der Waals surface area contributed by atoms with Crippen molar-refractivity contribution in [1.29, 1.82) is 0 Å². The molecule has 0 aromatic carbocycles. The SMILES string of the molecule is CC(=O)NC12CCC(C(F)(F)F)(CC1)CC2. The van der Waals surface area contributed by atoms with Crippen LogP contribution in [0.1, 0.15) is 45.4 Å². The first-order valence-corrected chi connectivity index (χ1v) is 5.64. The van der Waals surface area contributed by atoms with Crippen molar-refractivity contribution in [1.82, 2.24) is 5.32 Å². The van der Waals surface area contributed by atoms with Gasteiger partial charge in [0.15, 0.2) is 0 Å². The normalized spacial score (nSPS) is 38.5. The number of hydrogen-bond donors (Lipinski definition) is 1. The largest absolute Gasteiger partial charge is 0.394 e. The molecule has 0 saturated heterocycles. The van der Waals surface area contributed by atoms with E-state index in [0.717, 1.165) is 0 Å². The molecule has 3 saturated carbocycles. The summed E-state index contributed by atoms with van der Waals surface area (Å²) in [6, 6.07) is 0. The van der Waals surface area contributed by atoms with Gasteiger partial charge < -0.3 is 5.32 Å². The number of carbonyl (C=O) groups excluding carboxylic acids is 1. The Bertz CT molecular complexity index is 286. The van der Waals surface area contributed by atoms with Crippen molar-refractivity contribution >= 4 is 5.91 Å². The average molecular weight is 235 g/mol. The van der Waals surface area contributed by atoms with Crippen molar-refractivity contribution in [3.63, 3.8) is 0 Å². The number of carbonyl (C=O) groups is 1. The van der Waals surface area contributed by atoms with E-state index in [1.54, 1.807) is 0 Å². The monoisotopic (exact) mass is 235 g/mol. The molecule has 0 aliphatic heterocycles. The molecule has 3 aliphatic carbocycles. The zero-order valence-electron chi connectivity index (χ0n) is 9.28. The second-order valence-corrected chi connectivity index (χ2v) is 5.24. The van der Waals surface area contributed by atoms with Crippen LogP contribution in [0.4, 0.5) is 13.2 Å². The van der Waals surface area contributed by atoms with E-state index in [0.29, 0.717) is 19.3 Å². The Kier molecular flexibility index (Phi) is 2.48. The molecular formula is C11H16F3NO. The summed E-state index contributed by atoms with van der Waals surface area (Å²) in [5.41, 5.74) is -1.81. The quantitative estimate of drug-likeness (QED) is 0.744. The van der Waals surface area contributed by atoms with Crippen LogP contribution in [0, 0.1) is 5.41 Å². The highest BCUT2D eigenvalue weighted by atomic mass is 19.4. The van der Waals surface area contributed by atoms with Gasteiger partial charge in [0.05, 0.1) is 5.41 Å². The second-order valence-electron chi connectivity index (χ2n) is 5.24. The molecule has 2 bridgehead atoms. The highest BCUT2D eigenvalue weighted by Gasteiger charge is 2.61. The maximum Gasteiger partial charge on any atom is 0.394 e. The van der Waals surface area contributed by atoms with E-state index in [1.807, 2.05) is 0 Å². The van der Waals surface area contributed by atoms with Gasteiger partial charge in [-0.05, 0) is 38.5 Å². The molecule has 2 nitrogen and oxygen atoms in total. The molecule has 1 amide bonds. The fourth-order valence-corrected chi connectivity index (χ4v) is 3.17. The summed E-state index contributed by atoms with van der Waals surface area (Å²) in [5, 5.41) is 2.85. The van der Waals surface area contributed by atoms with Gasteiger partial charge in [-0.2, -0.15) is 13.2 Å². The molecule has 92 valence electrons. The van der Waals surface area contributed by atoms with Crippen molar-refractivity contribution < 1.29 is 18.0 Å². The molecule has 0 atom stereocenters. The second kappa shape index (κ2) is 3.37. The Hall–Kier alpha value is -0.740. The summed E-state index contributed by atoms with van der Waals surface area (Å²) in [6.07, 6.45) is -2.20. The Morgan fingerprint density at radius 1 is 1.06 bits per heavy atom.